The van der Waals surface area contributed by atoms with Gasteiger partial charge >= 0.3 is 0 Å². The lowest BCUT2D eigenvalue weighted by Crippen LogP contribution is -2.63. The van der Waals surface area contributed by atoms with Crippen LogP contribution in [0, 0.1) is 18.8 Å². The fraction of sp³-hybridized carbons (Fsp3) is 0.590. The number of rotatable bonds is 7. The Hall–Kier alpha value is -3.92. The number of carbonyl (C=O) groups is 4. The third-order valence-corrected chi connectivity index (χ3v) is 10.6. The summed E-state index contributed by atoms with van der Waals surface area (Å²) in [7, 11) is 0. The molecule has 2 aromatic rings. The van der Waals surface area contributed by atoms with Gasteiger partial charge in [0.25, 0.3) is 0 Å². The molecule has 2 unspecified atom stereocenters. The van der Waals surface area contributed by atoms with Crippen molar-refractivity contribution >= 4 is 23.6 Å². The Labute approximate surface area is 291 Å². The van der Waals surface area contributed by atoms with Crippen molar-refractivity contribution in [1.82, 2.24) is 25.8 Å². The average molecular weight is 674 g/mol. The first-order valence-electron chi connectivity index (χ1n) is 18.3. The summed E-state index contributed by atoms with van der Waals surface area (Å²) in [6.45, 7) is 9.96. The van der Waals surface area contributed by atoms with Crippen molar-refractivity contribution < 1.29 is 23.9 Å². The summed E-state index contributed by atoms with van der Waals surface area (Å²) >= 11 is 0. The molecule has 0 aliphatic carbocycles. The van der Waals surface area contributed by atoms with Gasteiger partial charge < -0.3 is 30.5 Å². The zero-order chi connectivity index (χ0) is 34.8. The third-order valence-electron chi connectivity index (χ3n) is 10.6. The minimum Gasteiger partial charge on any atom is -0.494 e. The van der Waals surface area contributed by atoms with E-state index in [2.05, 4.69) is 20.9 Å². The van der Waals surface area contributed by atoms with Crippen LogP contribution in [0.4, 0.5) is 0 Å². The third kappa shape index (κ3) is 10.1. The molecular formula is C39H55N5O5. The molecule has 0 radical (unpaired) electrons. The van der Waals surface area contributed by atoms with Crippen LogP contribution >= 0.6 is 0 Å². The van der Waals surface area contributed by atoms with E-state index in [0.717, 1.165) is 67.6 Å². The van der Waals surface area contributed by atoms with Gasteiger partial charge in [0.05, 0.1) is 12.5 Å². The highest BCUT2D eigenvalue weighted by atomic mass is 16.5. The first-order chi connectivity index (χ1) is 23.6. The van der Waals surface area contributed by atoms with Crippen LogP contribution in [0.3, 0.4) is 0 Å². The number of carbonyl (C=O) groups excluding carboxylic acids is 4. The highest BCUT2D eigenvalue weighted by Crippen LogP contribution is 2.25. The van der Waals surface area contributed by atoms with Crippen LogP contribution < -0.4 is 20.7 Å². The van der Waals surface area contributed by atoms with Gasteiger partial charge in [0.15, 0.2) is 0 Å². The summed E-state index contributed by atoms with van der Waals surface area (Å²) in [4.78, 5) is 60.0. The van der Waals surface area contributed by atoms with E-state index in [-0.39, 0.29) is 36.6 Å². The maximum atomic E-state index is 14.3. The van der Waals surface area contributed by atoms with Crippen molar-refractivity contribution in [3.63, 3.8) is 0 Å². The second kappa shape index (κ2) is 17.1. The van der Waals surface area contributed by atoms with Crippen LogP contribution in [0.1, 0.15) is 81.9 Å². The van der Waals surface area contributed by atoms with Crippen molar-refractivity contribution in [2.75, 3.05) is 39.3 Å². The van der Waals surface area contributed by atoms with E-state index in [0.29, 0.717) is 39.1 Å². The monoisotopic (exact) mass is 673 g/mol. The zero-order valence-corrected chi connectivity index (χ0v) is 29.6. The first-order valence-corrected chi connectivity index (χ1v) is 18.3. The van der Waals surface area contributed by atoms with Crippen LogP contribution in [0.15, 0.2) is 48.5 Å². The van der Waals surface area contributed by atoms with Crippen molar-refractivity contribution in [2.45, 2.75) is 96.7 Å². The second-order valence-corrected chi connectivity index (χ2v) is 14.5. The average Bonchev–Trinajstić information content (AvgIpc) is 3.12. The van der Waals surface area contributed by atoms with E-state index in [9.17, 15) is 19.2 Å². The summed E-state index contributed by atoms with van der Waals surface area (Å²) in [5.41, 5.74) is 1.68. The number of hydrogen-bond donors (Lipinski definition) is 3. The molecule has 266 valence electrons. The van der Waals surface area contributed by atoms with Gasteiger partial charge in [0.2, 0.25) is 23.6 Å². The summed E-state index contributed by atoms with van der Waals surface area (Å²) in [6, 6.07) is 14.6. The summed E-state index contributed by atoms with van der Waals surface area (Å²) in [6.07, 6.45) is 7.23. The molecule has 49 heavy (non-hydrogen) atoms. The number of hydrogen-bond acceptors (Lipinski definition) is 6. The molecule has 2 fully saturated rings. The lowest BCUT2D eigenvalue weighted by molar-refractivity contribution is -0.143. The normalized spacial score (nSPS) is 26.1. The van der Waals surface area contributed by atoms with E-state index < -0.39 is 23.4 Å². The van der Waals surface area contributed by atoms with Gasteiger partial charge in [-0.2, -0.15) is 0 Å². The molecule has 2 aromatic carbocycles. The fourth-order valence-corrected chi connectivity index (χ4v) is 7.30. The standard InChI is InChI=1S/C39H55N5O5/c1-28-14-15-33-25-32(28)26-40-38(48)39(3,19-16-30-11-6-4-7-12-30)42-36(46)35(41-34(45)17-23-43-20-8-5-9-21-43)29(2)37(47)44-22-10-13-31(27-44)18-24-49-33/h4,6-7,11-12,14-15,25,29,31,35H,5,8-10,13,16-24,26-27H2,1-3H3,(H,40,48)(H,41,45)(H,42,46)/t29?,31?,35-,39+/m0/s1. The summed E-state index contributed by atoms with van der Waals surface area (Å²) in [5, 5.41) is 9.05. The molecule has 5 rings (SSSR count). The molecule has 4 atom stereocenters. The van der Waals surface area contributed by atoms with Crippen LogP contribution in [-0.2, 0) is 32.1 Å². The van der Waals surface area contributed by atoms with Gasteiger partial charge in [0, 0.05) is 32.6 Å². The van der Waals surface area contributed by atoms with E-state index in [4.69, 9.17) is 4.74 Å². The lowest BCUT2D eigenvalue weighted by Gasteiger charge is -2.37. The molecule has 3 heterocycles. The zero-order valence-electron chi connectivity index (χ0n) is 29.6. The van der Waals surface area contributed by atoms with Gasteiger partial charge in [0.1, 0.15) is 17.3 Å². The Morgan fingerprint density at radius 3 is 2.55 bits per heavy atom. The van der Waals surface area contributed by atoms with E-state index in [1.54, 1.807) is 13.8 Å². The number of ether oxygens (including phenoxy) is 1. The molecule has 4 amide bonds. The molecule has 3 aliphatic heterocycles. The number of aryl methyl sites for hydroxylation is 2. The highest BCUT2D eigenvalue weighted by Gasteiger charge is 2.41. The van der Waals surface area contributed by atoms with E-state index in [1.807, 2.05) is 60.4 Å². The largest absolute Gasteiger partial charge is 0.494 e. The molecule has 10 heteroatoms. The SMILES string of the molecule is Cc1ccc2cc1CNC(=O)[C@@](C)(CCc1ccccc1)NC(=O)[C@@H](NC(=O)CCN1CCCCC1)C(C)C(=O)N1CCCC(CCO2)C1. The van der Waals surface area contributed by atoms with Crippen LogP contribution in [0.5, 0.6) is 5.75 Å². The Morgan fingerprint density at radius 1 is 1.00 bits per heavy atom. The quantitative estimate of drug-likeness (QED) is 0.407. The minimum absolute atomic E-state index is 0.165. The number of amides is 4. The Kier molecular flexibility index (Phi) is 12.7. The molecule has 0 aromatic heterocycles. The molecule has 0 spiro atoms. The topological polar surface area (TPSA) is 120 Å². The smallest absolute Gasteiger partial charge is 0.245 e. The maximum absolute atomic E-state index is 14.3. The molecule has 10 nitrogen and oxygen atoms in total. The van der Waals surface area contributed by atoms with Crippen molar-refractivity contribution in [1.29, 1.82) is 0 Å². The van der Waals surface area contributed by atoms with Gasteiger partial charge in [-0.05, 0) is 107 Å². The number of benzene rings is 2. The Balaban J connectivity index is 1.42. The highest BCUT2D eigenvalue weighted by molar-refractivity contribution is 5.97. The molecule has 3 aliphatic rings. The molecular weight excluding hydrogens is 618 g/mol. The van der Waals surface area contributed by atoms with Crippen LogP contribution in [-0.4, -0.2) is 84.3 Å². The van der Waals surface area contributed by atoms with Crippen molar-refractivity contribution in [3.05, 3.63) is 65.2 Å². The number of piperidine rings is 2. The van der Waals surface area contributed by atoms with E-state index >= 15 is 0 Å². The van der Waals surface area contributed by atoms with Gasteiger partial charge in [-0.3, -0.25) is 19.2 Å². The van der Waals surface area contributed by atoms with E-state index in [1.165, 1.54) is 6.42 Å². The number of likely N-dealkylation sites (tertiary alicyclic amines) is 1. The number of fused-ring (bicyclic) bond motifs is 4. The fourth-order valence-electron chi connectivity index (χ4n) is 7.30. The summed E-state index contributed by atoms with van der Waals surface area (Å²) in [5.74, 6) is -1.10. The van der Waals surface area contributed by atoms with Gasteiger partial charge in [-0.1, -0.05) is 49.7 Å². The lowest BCUT2D eigenvalue weighted by atomic mass is 9.89. The number of nitrogens with zero attached hydrogens (tertiary/aromatic N) is 2. The number of nitrogens with one attached hydrogen (secondary N) is 3. The molecule has 0 saturated carbocycles. The molecule has 3 N–H and O–H groups in total. The second-order valence-electron chi connectivity index (χ2n) is 14.5. The first kappa shape index (κ1) is 36.4. The Morgan fingerprint density at radius 2 is 1.78 bits per heavy atom. The minimum atomic E-state index is -1.32. The molecule has 2 saturated heterocycles. The van der Waals surface area contributed by atoms with Crippen LogP contribution in [0.25, 0.3) is 0 Å². The maximum Gasteiger partial charge on any atom is 0.245 e. The predicted octanol–water partition coefficient (Wildman–Crippen LogP) is 4.14. The predicted molar refractivity (Wildman–Crippen MR) is 190 cm³/mol. The van der Waals surface area contributed by atoms with Crippen molar-refractivity contribution in [3.8, 4) is 5.75 Å². The van der Waals surface area contributed by atoms with Crippen molar-refractivity contribution in [2.24, 2.45) is 11.8 Å². The summed E-state index contributed by atoms with van der Waals surface area (Å²) < 4.78 is 6.16. The van der Waals surface area contributed by atoms with Gasteiger partial charge in [-0.15, -0.1) is 0 Å². The molecule has 4 bridgehead atoms. The Bertz CT molecular complexity index is 1440. The van der Waals surface area contributed by atoms with Crippen LogP contribution in [0.2, 0.25) is 0 Å². The van der Waals surface area contributed by atoms with Gasteiger partial charge in [-0.25, -0.2) is 0 Å².